The number of likely N-dealkylation sites (N-methyl/N-ethyl adjacent to an activating group) is 1. The summed E-state index contributed by atoms with van der Waals surface area (Å²) < 4.78 is 21.9. The molecule has 27 heavy (non-hydrogen) atoms. The molecule has 2 rings (SSSR count). The molecule has 1 fully saturated rings. The SMILES string of the molecule is CCNC(=NCc1cc(OC)c(OC)c(OC)c1)N(C)CCOCC1CC1. The molecule has 0 atom stereocenters. The van der Waals surface area contributed by atoms with Crippen molar-refractivity contribution < 1.29 is 18.9 Å². The number of benzene rings is 1. The molecule has 1 aliphatic carbocycles. The van der Waals surface area contributed by atoms with Crippen LogP contribution in [0.1, 0.15) is 25.3 Å². The maximum Gasteiger partial charge on any atom is 0.203 e. The first-order chi connectivity index (χ1) is 13.1. The summed E-state index contributed by atoms with van der Waals surface area (Å²) in [5.41, 5.74) is 0.985. The summed E-state index contributed by atoms with van der Waals surface area (Å²) in [6.07, 6.45) is 2.63. The fourth-order valence-corrected chi connectivity index (χ4v) is 2.70. The lowest BCUT2D eigenvalue weighted by Gasteiger charge is -2.22. The Morgan fingerprint density at radius 2 is 1.81 bits per heavy atom. The van der Waals surface area contributed by atoms with E-state index in [-0.39, 0.29) is 0 Å². The van der Waals surface area contributed by atoms with Gasteiger partial charge in [-0.2, -0.15) is 0 Å². The van der Waals surface area contributed by atoms with Gasteiger partial charge in [0.25, 0.3) is 0 Å². The lowest BCUT2D eigenvalue weighted by Crippen LogP contribution is -2.40. The van der Waals surface area contributed by atoms with Gasteiger partial charge in [-0.25, -0.2) is 4.99 Å². The lowest BCUT2D eigenvalue weighted by atomic mass is 10.2. The Labute approximate surface area is 162 Å². The van der Waals surface area contributed by atoms with Crippen molar-refractivity contribution in [1.82, 2.24) is 10.2 Å². The predicted molar refractivity (Wildman–Crippen MR) is 107 cm³/mol. The van der Waals surface area contributed by atoms with Gasteiger partial charge in [0.05, 0.1) is 34.5 Å². The van der Waals surface area contributed by atoms with Crippen LogP contribution >= 0.6 is 0 Å². The molecule has 0 aliphatic heterocycles. The van der Waals surface area contributed by atoms with Gasteiger partial charge in [-0.05, 0) is 43.4 Å². The molecule has 0 unspecified atom stereocenters. The second-order valence-electron chi connectivity index (χ2n) is 6.64. The minimum Gasteiger partial charge on any atom is -0.493 e. The predicted octanol–water partition coefficient (Wildman–Crippen LogP) is 2.54. The zero-order chi connectivity index (χ0) is 19.6. The smallest absolute Gasteiger partial charge is 0.203 e. The van der Waals surface area contributed by atoms with Gasteiger partial charge in [0.2, 0.25) is 5.75 Å². The van der Waals surface area contributed by atoms with E-state index in [0.29, 0.717) is 30.4 Å². The quantitative estimate of drug-likeness (QED) is 0.362. The average molecular weight is 380 g/mol. The van der Waals surface area contributed by atoms with E-state index >= 15 is 0 Å². The molecule has 7 heteroatoms. The van der Waals surface area contributed by atoms with Crippen LogP contribution in [0, 0.1) is 5.92 Å². The van der Waals surface area contributed by atoms with Crippen LogP contribution in [0.4, 0.5) is 0 Å². The molecule has 1 N–H and O–H groups in total. The first kappa shape index (κ1) is 21.2. The van der Waals surface area contributed by atoms with E-state index in [9.17, 15) is 0 Å². The highest BCUT2D eigenvalue weighted by Crippen LogP contribution is 2.38. The molecular formula is C20H33N3O4. The van der Waals surface area contributed by atoms with Gasteiger partial charge in [0.15, 0.2) is 17.5 Å². The lowest BCUT2D eigenvalue weighted by molar-refractivity contribution is 0.115. The minimum absolute atomic E-state index is 0.506. The number of methoxy groups -OCH3 is 3. The zero-order valence-corrected chi connectivity index (χ0v) is 17.2. The third-order valence-corrected chi connectivity index (χ3v) is 4.45. The van der Waals surface area contributed by atoms with Crippen LogP contribution in [0.2, 0.25) is 0 Å². The van der Waals surface area contributed by atoms with Crippen molar-refractivity contribution in [1.29, 1.82) is 0 Å². The van der Waals surface area contributed by atoms with Crippen molar-refractivity contribution in [2.45, 2.75) is 26.3 Å². The molecule has 0 amide bonds. The van der Waals surface area contributed by atoms with Gasteiger partial charge < -0.3 is 29.2 Å². The van der Waals surface area contributed by atoms with Crippen LogP contribution in [0.25, 0.3) is 0 Å². The summed E-state index contributed by atoms with van der Waals surface area (Å²) in [5, 5.41) is 3.33. The maximum atomic E-state index is 5.73. The van der Waals surface area contributed by atoms with Gasteiger partial charge in [0, 0.05) is 26.7 Å². The zero-order valence-electron chi connectivity index (χ0n) is 17.2. The van der Waals surface area contributed by atoms with E-state index in [2.05, 4.69) is 17.1 Å². The molecule has 1 aliphatic rings. The number of hydrogen-bond donors (Lipinski definition) is 1. The Morgan fingerprint density at radius 1 is 1.15 bits per heavy atom. The molecule has 0 radical (unpaired) electrons. The van der Waals surface area contributed by atoms with Crippen LogP contribution in [-0.2, 0) is 11.3 Å². The van der Waals surface area contributed by atoms with Crippen LogP contribution in [-0.4, -0.2) is 65.5 Å². The normalized spacial score (nSPS) is 14.0. The highest BCUT2D eigenvalue weighted by Gasteiger charge is 2.21. The minimum atomic E-state index is 0.506. The van der Waals surface area contributed by atoms with E-state index in [1.54, 1.807) is 21.3 Å². The number of nitrogens with one attached hydrogen (secondary N) is 1. The molecule has 1 aromatic carbocycles. The number of aliphatic imine (C=N–C) groups is 1. The second kappa shape index (κ2) is 10.9. The van der Waals surface area contributed by atoms with Gasteiger partial charge in [-0.1, -0.05) is 0 Å². The van der Waals surface area contributed by atoms with Gasteiger partial charge in [-0.3, -0.25) is 0 Å². The Hall–Kier alpha value is -2.15. The Balaban J connectivity index is 2.01. The number of guanidine groups is 1. The van der Waals surface area contributed by atoms with Crippen LogP contribution in [0.3, 0.4) is 0 Å². The summed E-state index contributed by atoms with van der Waals surface area (Å²) in [6, 6.07) is 3.85. The van der Waals surface area contributed by atoms with Crippen molar-refractivity contribution in [3.05, 3.63) is 17.7 Å². The number of nitrogens with zero attached hydrogens (tertiary/aromatic N) is 2. The largest absolute Gasteiger partial charge is 0.493 e. The van der Waals surface area contributed by atoms with E-state index in [1.807, 2.05) is 19.2 Å². The Morgan fingerprint density at radius 3 is 2.33 bits per heavy atom. The molecular weight excluding hydrogens is 346 g/mol. The van der Waals surface area contributed by atoms with Crippen LogP contribution < -0.4 is 19.5 Å². The fraction of sp³-hybridized carbons (Fsp3) is 0.650. The summed E-state index contributed by atoms with van der Waals surface area (Å²) in [6.45, 7) is 5.77. The van der Waals surface area contributed by atoms with E-state index in [0.717, 1.165) is 37.1 Å². The molecule has 0 heterocycles. The van der Waals surface area contributed by atoms with Gasteiger partial charge in [-0.15, -0.1) is 0 Å². The molecule has 0 saturated heterocycles. The first-order valence-electron chi connectivity index (χ1n) is 9.49. The van der Waals surface area contributed by atoms with E-state index in [1.165, 1.54) is 12.8 Å². The highest BCUT2D eigenvalue weighted by atomic mass is 16.5. The van der Waals surface area contributed by atoms with Crippen LogP contribution in [0.15, 0.2) is 17.1 Å². The monoisotopic (exact) mass is 379 g/mol. The van der Waals surface area contributed by atoms with Crippen LogP contribution in [0.5, 0.6) is 17.2 Å². The topological polar surface area (TPSA) is 64.6 Å². The molecule has 152 valence electrons. The van der Waals surface area contributed by atoms with Crippen molar-refractivity contribution in [3.63, 3.8) is 0 Å². The molecule has 1 saturated carbocycles. The van der Waals surface area contributed by atoms with Crippen molar-refractivity contribution >= 4 is 5.96 Å². The number of hydrogen-bond acceptors (Lipinski definition) is 5. The first-order valence-corrected chi connectivity index (χ1v) is 9.49. The van der Waals surface area contributed by atoms with Gasteiger partial charge in [0.1, 0.15) is 0 Å². The fourth-order valence-electron chi connectivity index (χ4n) is 2.70. The number of rotatable bonds is 11. The molecule has 1 aromatic rings. The summed E-state index contributed by atoms with van der Waals surface area (Å²) in [4.78, 5) is 6.83. The molecule has 7 nitrogen and oxygen atoms in total. The van der Waals surface area contributed by atoms with E-state index in [4.69, 9.17) is 23.9 Å². The molecule has 0 bridgehead atoms. The molecule has 0 aromatic heterocycles. The number of ether oxygens (including phenoxy) is 4. The van der Waals surface area contributed by atoms with Crippen molar-refractivity contribution in [2.75, 3.05) is 54.7 Å². The summed E-state index contributed by atoms with van der Waals surface area (Å²) >= 11 is 0. The van der Waals surface area contributed by atoms with Crippen molar-refractivity contribution in [2.24, 2.45) is 10.9 Å². The molecule has 0 spiro atoms. The Kier molecular flexibility index (Phi) is 8.51. The highest BCUT2D eigenvalue weighted by molar-refractivity contribution is 5.79. The third kappa shape index (κ3) is 6.50. The average Bonchev–Trinajstić information content (AvgIpc) is 3.51. The Bertz CT molecular complexity index is 592. The van der Waals surface area contributed by atoms with Crippen molar-refractivity contribution in [3.8, 4) is 17.2 Å². The summed E-state index contributed by atoms with van der Waals surface area (Å²) in [7, 11) is 6.85. The van der Waals surface area contributed by atoms with E-state index < -0.39 is 0 Å². The maximum absolute atomic E-state index is 5.73. The second-order valence-corrected chi connectivity index (χ2v) is 6.64. The van der Waals surface area contributed by atoms with Gasteiger partial charge >= 0.3 is 0 Å². The summed E-state index contributed by atoms with van der Waals surface area (Å²) in [5.74, 6) is 3.49. The standard InChI is InChI=1S/C20H33N3O4/c1-6-21-20(23(2)9-10-27-14-15-7-8-15)22-13-16-11-17(24-3)19(26-5)18(12-16)25-4/h11-12,15H,6-10,13-14H2,1-5H3,(H,21,22). The third-order valence-electron chi connectivity index (χ3n) is 4.45.